The van der Waals surface area contributed by atoms with Crippen molar-refractivity contribution in [3.8, 4) is 0 Å². The summed E-state index contributed by atoms with van der Waals surface area (Å²) in [5, 5.41) is 3.67. The Bertz CT molecular complexity index is 720. The van der Waals surface area contributed by atoms with Crippen LogP contribution in [0.15, 0.2) is 11.6 Å². The highest BCUT2D eigenvalue weighted by molar-refractivity contribution is 5.94. The summed E-state index contributed by atoms with van der Waals surface area (Å²) in [5.74, 6) is 3.79. The molecule has 5 aliphatic carbocycles. The molecule has 0 spiro atoms. The molecule has 0 aromatic rings. The third-order valence-corrected chi connectivity index (χ3v) is 10.1. The maximum atomic E-state index is 12.9. The van der Waals surface area contributed by atoms with Crippen LogP contribution in [-0.4, -0.2) is 24.7 Å². The SMILES string of the molecule is CC12CCC3C(CCC4=CC(=O)C(CNCC5CCCC5)CC43C)C1CCC2=O. The number of ketones is 2. The fraction of sp³-hybridized carbons (Fsp3) is 0.846. The lowest BCUT2D eigenvalue weighted by Gasteiger charge is -2.57. The van der Waals surface area contributed by atoms with Gasteiger partial charge in [0.25, 0.3) is 0 Å². The lowest BCUT2D eigenvalue weighted by atomic mass is 9.47. The summed E-state index contributed by atoms with van der Waals surface area (Å²) in [4.78, 5) is 25.5. The molecule has 3 heteroatoms. The van der Waals surface area contributed by atoms with Crippen molar-refractivity contribution in [2.24, 2.45) is 40.4 Å². The van der Waals surface area contributed by atoms with Gasteiger partial charge in [-0.3, -0.25) is 9.59 Å². The number of hydrogen-bond acceptors (Lipinski definition) is 3. The van der Waals surface area contributed by atoms with Crippen LogP contribution in [0.4, 0.5) is 0 Å². The molecule has 6 atom stereocenters. The first kappa shape index (κ1) is 20.0. The molecule has 1 N–H and O–H groups in total. The Labute approximate surface area is 176 Å². The lowest BCUT2D eigenvalue weighted by molar-refractivity contribution is -0.133. The molecule has 5 rings (SSSR count). The predicted octanol–water partition coefficient (Wildman–Crippen LogP) is 5.09. The number of nitrogens with one attached hydrogen (secondary N) is 1. The van der Waals surface area contributed by atoms with E-state index in [0.29, 0.717) is 29.3 Å². The molecular formula is C26H39NO2. The molecule has 0 saturated heterocycles. The molecule has 0 heterocycles. The van der Waals surface area contributed by atoms with Crippen LogP contribution in [0.5, 0.6) is 0 Å². The normalized spacial score (nSPS) is 45.0. The van der Waals surface area contributed by atoms with Gasteiger partial charge in [0.05, 0.1) is 0 Å². The van der Waals surface area contributed by atoms with Gasteiger partial charge in [-0.15, -0.1) is 0 Å². The standard InChI is InChI=1S/C26H39NO2/c1-25-12-11-22-20(21(25)9-10-24(25)29)8-7-19-13-23(28)18(14-26(19,22)2)16-27-15-17-5-3-4-6-17/h13,17-18,20-22,27H,3-12,14-16H2,1-2H3. The van der Waals surface area contributed by atoms with Gasteiger partial charge in [-0.2, -0.15) is 0 Å². The molecular weight excluding hydrogens is 358 g/mol. The zero-order valence-electron chi connectivity index (χ0n) is 18.5. The topological polar surface area (TPSA) is 46.2 Å². The molecule has 0 amide bonds. The number of allylic oxidation sites excluding steroid dienone is 1. The summed E-state index contributed by atoms with van der Waals surface area (Å²) in [6.45, 7) is 6.67. The average Bonchev–Trinajstić information content (AvgIpc) is 3.31. The van der Waals surface area contributed by atoms with E-state index in [0.717, 1.165) is 51.1 Å². The van der Waals surface area contributed by atoms with Gasteiger partial charge in [-0.05, 0) is 93.1 Å². The van der Waals surface area contributed by atoms with Crippen molar-refractivity contribution in [3.63, 3.8) is 0 Å². The minimum atomic E-state index is -0.0501. The summed E-state index contributed by atoms with van der Waals surface area (Å²) in [6, 6.07) is 0. The van der Waals surface area contributed by atoms with Crippen molar-refractivity contribution in [2.75, 3.05) is 13.1 Å². The fourth-order valence-electron chi connectivity index (χ4n) is 8.37. The van der Waals surface area contributed by atoms with E-state index in [1.165, 1.54) is 44.1 Å². The molecule has 0 aromatic heterocycles. The van der Waals surface area contributed by atoms with Crippen LogP contribution < -0.4 is 5.32 Å². The zero-order valence-corrected chi connectivity index (χ0v) is 18.5. The van der Waals surface area contributed by atoms with E-state index < -0.39 is 0 Å². The molecule has 6 unspecified atom stereocenters. The Morgan fingerprint density at radius 1 is 0.931 bits per heavy atom. The van der Waals surface area contributed by atoms with Crippen LogP contribution in [0.25, 0.3) is 0 Å². The Kier molecular flexibility index (Phi) is 5.04. The van der Waals surface area contributed by atoms with Gasteiger partial charge in [0.1, 0.15) is 5.78 Å². The van der Waals surface area contributed by atoms with Crippen LogP contribution in [-0.2, 0) is 9.59 Å². The Hall–Kier alpha value is -0.960. The first-order valence-corrected chi connectivity index (χ1v) is 12.4. The van der Waals surface area contributed by atoms with Crippen molar-refractivity contribution >= 4 is 11.6 Å². The minimum Gasteiger partial charge on any atom is -0.316 e. The van der Waals surface area contributed by atoms with Crippen LogP contribution in [0.1, 0.15) is 84.5 Å². The molecule has 29 heavy (non-hydrogen) atoms. The number of rotatable bonds is 4. The third-order valence-electron chi connectivity index (χ3n) is 10.1. The van der Waals surface area contributed by atoms with E-state index in [9.17, 15) is 9.59 Å². The summed E-state index contributed by atoms with van der Waals surface area (Å²) in [6.07, 6.45) is 15.0. The number of hydrogen-bond donors (Lipinski definition) is 1. The van der Waals surface area contributed by atoms with Gasteiger partial charge in [-0.25, -0.2) is 0 Å². The summed E-state index contributed by atoms with van der Waals surface area (Å²) >= 11 is 0. The zero-order chi connectivity index (χ0) is 20.2. The smallest absolute Gasteiger partial charge is 0.160 e. The van der Waals surface area contributed by atoms with Gasteiger partial charge in [0.15, 0.2) is 5.78 Å². The second kappa shape index (κ2) is 7.32. The van der Waals surface area contributed by atoms with E-state index in [1.807, 2.05) is 0 Å². The maximum Gasteiger partial charge on any atom is 0.160 e. The van der Waals surface area contributed by atoms with Crippen LogP contribution >= 0.6 is 0 Å². The molecule has 0 aromatic carbocycles. The summed E-state index contributed by atoms with van der Waals surface area (Å²) in [7, 11) is 0. The van der Waals surface area contributed by atoms with E-state index >= 15 is 0 Å². The van der Waals surface area contributed by atoms with E-state index in [-0.39, 0.29) is 16.7 Å². The molecule has 4 saturated carbocycles. The first-order chi connectivity index (χ1) is 13.9. The molecule has 5 aliphatic rings. The molecule has 0 aliphatic heterocycles. The van der Waals surface area contributed by atoms with E-state index in [2.05, 4.69) is 25.2 Å². The molecule has 0 radical (unpaired) electrons. The van der Waals surface area contributed by atoms with Gasteiger partial charge < -0.3 is 5.32 Å². The van der Waals surface area contributed by atoms with Gasteiger partial charge in [0, 0.05) is 24.3 Å². The number of fused-ring (bicyclic) bond motifs is 5. The fourth-order valence-corrected chi connectivity index (χ4v) is 8.37. The highest BCUT2D eigenvalue weighted by atomic mass is 16.1. The number of Topliss-reactive ketones (excluding diaryl/α,β-unsaturated/α-hetero) is 1. The summed E-state index contributed by atoms with van der Waals surface area (Å²) in [5.41, 5.74) is 1.55. The predicted molar refractivity (Wildman–Crippen MR) is 115 cm³/mol. The summed E-state index contributed by atoms with van der Waals surface area (Å²) < 4.78 is 0. The molecule has 0 bridgehead atoms. The van der Waals surface area contributed by atoms with Gasteiger partial charge in [-0.1, -0.05) is 32.3 Å². The van der Waals surface area contributed by atoms with Crippen molar-refractivity contribution < 1.29 is 9.59 Å². The second-order valence-corrected chi connectivity index (χ2v) is 11.5. The number of carbonyl (C=O) groups excluding carboxylic acids is 2. The Morgan fingerprint density at radius 2 is 1.69 bits per heavy atom. The largest absolute Gasteiger partial charge is 0.316 e. The van der Waals surface area contributed by atoms with Gasteiger partial charge in [0.2, 0.25) is 0 Å². The van der Waals surface area contributed by atoms with Crippen LogP contribution in [0, 0.1) is 40.4 Å². The van der Waals surface area contributed by atoms with Crippen molar-refractivity contribution in [1.82, 2.24) is 5.32 Å². The highest BCUT2D eigenvalue weighted by Crippen LogP contribution is 2.64. The molecule has 4 fully saturated rings. The highest BCUT2D eigenvalue weighted by Gasteiger charge is 2.59. The maximum absolute atomic E-state index is 12.9. The Balaban J connectivity index is 1.31. The lowest BCUT2D eigenvalue weighted by Crippen LogP contribution is -2.52. The molecule has 3 nitrogen and oxygen atoms in total. The van der Waals surface area contributed by atoms with Crippen LogP contribution in [0.3, 0.4) is 0 Å². The quantitative estimate of drug-likeness (QED) is 0.718. The van der Waals surface area contributed by atoms with E-state index in [1.54, 1.807) is 0 Å². The third kappa shape index (κ3) is 3.18. The number of carbonyl (C=O) groups is 2. The average molecular weight is 398 g/mol. The second-order valence-electron chi connectivity index (χ2n) is 11.5. The van der Waals surface area contributed by atoms with E-state index in [4.69, 9.17) is 0 Å². The van der Waals surface area contributed by atoms with Gasteiger partial charge >= 0.3 is 0 Å². The first-order valence-electron chi connectivity index (χ1n) is 12.4. The van der Waals surface area contributed by atoms with Crippen molar-refractivity contribution in [2.45, 2.75) is 84.5 Å². The van der Waals surface area contributed by atoms with Crippen molar-refractivity contribution in [1.29, 1.82) is 0 Å². The van der Waals surface area contributed by atoms with Crippen molar-refractivity contribution in [3.05, 3.63) is 11.6 Å². The molecule has 160 valence electrons. The van der Waals surface area contributed by atoms with Crippen LogP contribution in [0.2, 0.25) is 0 Å². The minimum absolute atomic E-state index is 0.0501. The Morgan fingerprint density at radius 3 is 2.48 bits per heavy atom. The monoisotopic (exact) mass is 397 g/mol.